The summed E-state index contributed by atoms with van der Waals surface area (Å²) in [4.78, 5) is 19.5. The average Bonchev–Trinajstić information content (AvgIpc) is 3.56. The van der Waals surface area contributed by atoms with Gasteiger partial charge in [0.2, 0.25) is 5.91 Å². The molecule has 16 heteroatoms. The van der Waals surface area contributed by atoms with Crippen molar-refractivity contribution in [3.63, 3.8) is 0 Å². The van der Waals surface area contributed by atoms with Crippen LogP contribution in [-0.2, 0) is 25.5 Å². The molecule has 3 rings (SSSR count). The highest BCUT2D eigenvalue weighted by molar-refractivity contribution is 5.80. The molecule has 0 aromatic carbocycles. The third kappa shape index (κ3) is 12.3. The molecule has 0 radical (unpaired) electrons. The Hall–Kier alpha value is -2.09. The summed E-state index contributed by atoms with van der Waals surface area (Å²) in [5.74, 6) is -3.59. The van der Waals surface area contributed by atoms with Crippen molar-refractivity contribution in [3.8, 4) is 0 Å². The number of aromatic nitrogens is 3. The molecule has 50 heavy (non-hydrogen) atoms. The lowest BCUT2D eigenvalue weighted by molar-refractivity contribution is -0.311. The molecule has 2 aliphatic heterocycles. The maximum Gasteiger partial charge on any atom is 0.228 e. The van der Waals surface area contributed by atoms with Crippen LogP contribution in [0.4, 0.5) is 0 Å². The molecule has 10 N–H and O–H groups in total. The van der Waals surface area contributed by atoms with Gasteiger partial charge in [-0.15, -0.1) is 0 Å². The van der Waals surface area contributed by atoms with Gasteiger partial charge < -0.3 is 56.5 Å². The van der Waals surface area contributed by atoms with Gasteiger partial charge in [-0.1, -0.05) is 39.8 Å². The highest BCUT2D eigenvalue weighted by Gasteiger charge is 2.51. The summed E-state index contributed by atoms with van der Waals surface area (Å²) in [5.41, 5.74) is 11.6. The fourth-order valence-electron chi connectivity index (χ4n) is 6.58. The number of allylic oxidation sites excluding steroid dienone is 1. The van der Waals surface area contributed by atoms with Crippen molar-refractivity contribution in [1.82, 2.24) is 25.0 Å². The minimum absolute atomic E-state index is 0.0141. The van der Waals surface area contributed by atoms with Crippen LogP contribution in [0.15, 0.2) is 24.8 Å². The van der Waals surface area contributed by atoms with Crippen LogP contribution in [0.2, 0.25) is 0 Å². The van der Waals surface area contributed by atoms with Gasteiger partial charge in [0.1, 0.15) is 18.8 Å². The summed E-state index contributed by atoms with van der Waals surface area (Å²) >= 11 is 0. The number of ether oxygens (including phenoxy) is 3. The molecule has 1 amide bonds. The fourth-order valence-corrected chi connectivity index (χ4v) is 6.58. The third-order valence-corrected chi connectivity index (χ3v) is 9.43. The molecule has 11 atom stereocenters. The summed E-state index contributed by atoms with van der Waals surface area (Å²) in [6, 6.07) is -0.726. The number of nitrogens with two attached hydrogens (primary N) is 2. The first-order valence-electron chi connectivity index (χ1n) is 18.1. The van der Waals surface area contributed by atoms with Crippen LogP contribution in [0.25, 0.3) is 0 Å². The second-order valence-corrected chi connectivity index (χ2v) is 14.4. The van der Waals surface area contributed by atoms with Gasteiger partial charge in [0, 0.05) is 25.8 Å². The Bertz CT molecular complexity index is 1140. The first-order chi connectivity index (χ1) is 23.7. The number of aliphatic hydroxyl groups excluding tert-OH is 4. The van der Waals surface area contributed by atoms with Crippen LogP contribution >= 0.6 is 0 Å². The smallest absolute Gasteiger partial charge is 0.228 e. The first kappa shape index (κ1) is 42.3. The van der Waals surface area contributed by atoms with Crippen molar-refractivity contribution < 1.29 is 44.5 Å². The van der Waals surface area contributed by atoms with Gasteiger partial charge in [-0.05, 0) is 57.8 Å². The largest absolute Gasteiger partial charge is 0.393 e. The topological polar surface area (TPSA) is 244 Å². The molecule has 1 aromatic rings. The van der Waals surface area contributed by atoms with Crippen molar-refractivity contribution in [1.29, 1.82) is 0 Å². The van der Waals surface area contributed by atoms with E-state index in [1.807, 2.05) is 38.7 Å². The zero-order valence-electron chi connectivity index (χ0n) is 30.3. The molecule has 0 saturated carbocycles. The summed E-state index contributed by atoms with van der Waals surface area (Å²) < 4.78 is 20.3. The lowest BCUT2D eigenvalue weighted by Gasteiger charge is -2.48. The van der Waals surface area contributed by atoms with Crippen molar-refractivity contribution in [3.05, 3.63) is 24.8 Å². The summed E-state index contributed by atoms with van der Waals surface area (Å²) in [7, 11) is 0. The number of hydrogen-bond acceptors (Lipinski definition) is 14. The molecule has 1 aromatic heterocycles. The fraction of sp³-hybridized carbons (Fsp3) is 0.853. The maximum absolute atomic E-state index is 13.6. The molecule has 0 bridgehead atoms. The number of aliphatic hydroxyl groups is 5. The quantitative estimate of drug-likeness (QED) is 0.0763. The summed E-state index contributed by atoms with van der Waals surface area (Å²) in [5, 5.41) is 63.3. The Morgan fingerprint density at radius 1 is 1.14 bits per heavy atom. The minimum atomic E-state index is -1.92. The molecule has 2 saturated heterocycles. The lowest BCUT2D eigenvalue weighted by atomic mass is 9.81. The Labute approximate surface area is 296 Å². The standard InChI is InChI=1S/C34H63N7O9/c1-21(2)8-9-24(49-33-31(45)29(30(44)23(5)48-33)40(13-6-10-35)14-7-11-36)16-27-28(32(46)38-12-15-41-20-37-19-39-41)26(43)18-34(47,50-27)17-25(42)22(3)4/h8-9,19-31,33,42-45,47H,6-7,10-18,35-36H2,1-5H3,(H,38,46)/b9-8+/t23?,24-,25+,26?,27?,28?,29?,30?,31?,33?,34+/m0/s1. The minimum Gasteiger partial charge on any atom is -0.393 e. The van der Waals surface area contributed by atoms with Crippen molar-refractivity contribution in [2.45, 2.75) is 134 Å². The maximum atomic E-state index is 13.6. The van der Waals surface area contributed by atoms with Crippen LogP contribution in [0.3, 0.4) is 0 Å². The van der Waals surface area contributed by atoms with E-state index >= 15 is 0 Å². The predicted octanol–water partition coefficient (Wildman–Crippen LogP) is -0.922. The van der Waals surface area contributed by atoms with Crippen LogP contribution in [-0.4, -0.2) is 145 Å². The van der Waals surface area contributed by atoms with Gasteiger partial charge >= 0.3 is 0 Å². The van der Waals surface area contributed by atoms with Crippen molar-refractivity contribution in [2.24, 2.45) is 29.2 Å². The normalized spacial score (nSPS) is 31.9. The average molecular weight is 714 g/mol. The molecule has 2 aliphatic rings. The van der Waals surface area contributed by atoms with Gasteiger partial charge in [0.25, 0.3) is 0 Å². The number of rotatable bonds is 20. The Morgan fingerprint density at radius 3 is 2.40 bits per heavy atom. The lowest BCUT2D eigenvalue weighted by Crippen LogP contribution is -2.64. The Morgan fingerprint density at radius 2 is 1.82 bits per heavy atom. The highest BCUT2D eigenvalue weighted by Crippen LogP contribution is 2.38. The molecular weight excluding hydrogens is 650 g/mol. The van der Waals surface area contributed by atoms with E-state index in [9.17, 15) is 30.3 Å². The van der Waals surface area contributed by atoms with E-state index in [0.29, 0.717) is 45.6 Å². The monoisotopic (exact) mass is 713 g/mol. The predicted molar refractivity (Wildman–Crippen MR) is 185 cm³/mol. The zero-order chi connectivity index (χ0) is 37.0. The molecular formula is C34H63N7O9. The summed E-state index contributed by atoms with van der Waals surface area (Å²) in [6.45, 7) is 11.8. The van der Waals surface area contributed by atoms with E-state index in [1.165, 1.54) is 12.7 Å². The zero-order valence-corrected chi connectivity index (χ0v) is 30.3. The number of nitrogens with zero attached hydrogens (tertiary/aromatic N) is 4. The number of hydrogen-bond donors (Lipinski definition) is 8. The van der Waals surface area contributed by atoms with Gasteiger partial charge in [-0.2, -0.15) is 5.10 Å². The molecule has 288 valence electrons. The SMILES string of the molecule is CC(C)/C=C/[C@@H](CC1O[C@](O)(C[C@@H](O)C(C)C)CC(O)C1C(=O)NCCn1cncn1)OC1OC(C)C(O)C(N(CCCN)CCCN)C1O. The van der Waals surface area contributed by atoms with E-state index in [2.05, 4.69) is 15.4 Å². The van der Waals surface area contributed by atoms with Gasteiger partial charge in [-0.25, -0.2) is 4.98 Å². The number of carbonyl (C=O) groups is 1. The molecule has 0 aliphatic carbocycles. The van der Waals surface area contributed by atoms with Gasteiger partial charge in [0.05, 0.1) is 55.1 Å². The Balaban J connectivity index is 1.90. The van der Waals surface area contributed by atoms with E-state index in [-0.39, 0.29) is 37.6 Å². The van der Waals surface area contributed by atoms with E-state index in [0.717, 1.165) is 0 Å². The van der Waals surface area contributed by atoms with Crippen molar-refractivity contribution in [2.75, 3.05) is 32.7 Å². The Kier molecular flexibility index (Phi) is 17.1. The highest BCUT2D eigenvalue weighted by atomic mass is 16.7. The molecule has 2 fully saturated rings. The van der Waals surface area contributed by atoms with Gasteiger partial charge in [-0.3, -0.25) is 14.4 Å². The number of amides is 1. The van der Waals surface area contributed by atoms with Crippen molar-refractivity contribution >= 4 is 5.91 Å². The van der Waals surface area contributed by atoms with Crippen LogP contribution in [0.1, 0.15) is 66.7 Å². The van der Waals surface area contributed by atoms with Crippen LogP contribution in [0.5, 0.6) is 0 Å². The molecule has 16 nitrogen and oxygen atoms in total. The molecule has 0 spiro atoms. The number of nitrogens with one attached hydrogen (secondary N) is 1. The van der Waals surface area contributed by atoms with E-state index in [4.69, 9.17) is 25.7 Å². The summed E-state index contributed by atoms with van der Waals surface area (Å²) in [6.07, 6.45) is -0.831. The van der Waals surface area contributed by atoms with E-state index < -0.39 is 72.7 Å². The van der Waals surface area contributed by atoms with Crippen LogP contribution < -0.4 is 16.8 Å². The van der Waals surface area contributed by atoms with Gasteiger partial charge in [0.15, 0.2) is 12.1 Å². The second kappa shape index (κ2) is 20.2. The first-order valence-corrected chi connectivity index (χ1v) is 18.1. The third-order valence-electron chi connectivity index (χ3n) is 9.43. The second-order valence-electron chi connectivity index (χ2n) is 14.4. The number of carbonyl (C=O) groups excluding carboxylic acids is 1. The van der Waals surface area contributed by atoms with Crippen LogP contribution in [0, 0.1) is 17.8 Å². The van der Waals surface area contributed by atoms with E-state index in [1.54, 1.807) is 17.7 Å². The molecule has 3 heterocycles. The molecule has 8 unspecified atom stereocenters.